The van der Waals surface area contributed by atoms with Crippen LogP contribution in [-0.4, -0.2) is 43.6 Å². The fraction of sp³-hybridized carbons (Fsp3) is 0.150. The van der Waals surface area contributed by atoms with Gasteiger partial charge in [0.25, 0.3) is 0 Å². The van der Waals surface area contributed by atoms with E-state index in [4.69, 9.17) is 10.2 Å². The predicted molar refractivity (Wildman–Crippen MR) is 104 cm³/mol. The Kier molecular flexibility index (Phi) is 4.72. The highest BCUT2D eigenvalue weighted by Gasteiger charge is 2.18. The Bertz CT molecular complexity index is 1120. The van der Waals surface area contributed by atoms with Crippen molar-refractivity contribution in [2.75, 3.05) is 19.6 Å². The molecule has 0 aliphatic heterocycles. The standard InChI is InChI=1S/C20H19FN6O/c1-26(2)12-13-8-10-27-17(11-13)24-18(14-3-5-15(21)6-4-14)19(27)16-7-9-22-20(23-16)25-28/h3-11,28H,12H2,1-2H3,(H,22,23,25). The van der Waals surface area contributed by atoms with Crippen molar-refractivity contribution in [2.24, 2.45) is 0 Å². The third-order valence-electron chi connectivity index (χ3n) is 4.31. The van der Waals surface area contributed by atoms with E-state index in [0.29, 0.717) is 11.4 Å². The van der Waals surface area contributed by atoms with E-state index in [-0.39, 0.29) is 11.8 Å². The highest BCUT2D eigenvalue weighted by Crippen LogP contribution is 2.32. The molecule has 0 bridgehead atoms. The first kappa shape index (κ1) is 18.0. The van der Waals surface area contributed by atoms with E-state index in [1.807, 2.05) is 42.3 Å². The summed E-state index contributed by atoms with van der Waals surface area (Å²) in [5, 5.41) is 9.17. The van der Waals surface area contributed by atoms with E-state index in [1.54, 1.807) is 24.4 Å². The first-order valence-corrected chi connectivity index (χ1v) is 8.70. The summed E-state index contributed by atoms with van der Waals surface area (Å²) in [5.41, 5.74) is 6.60. The molecule has 3 heterocycles. The zero-order valence-electron chi connectivity index (χ0n) is 15.5. The maximum atomic E-state index is 13.4. The summed E-state index contributed by atoms with van der Waals surface area (Å²) >= 11 is 0. The van der Waals surface area contributed by atoms with E-state index in [1.165, 1.54) is 12.1 Å². The smallest absolute Gasteiger partial charge is 0.247 e. The van der Waals surface area contributed by atoms with Crippen molar-refractivity contribution in [3.63, 3.8) is 0 Å². The molecule has 4 aromatic rings. The summed E-state index contributed by atoms with van der Waals surface area (Å²) in [6, 6.07) is 12.0. The second-order valence-corrected chi connectivity index (χ2v) is 6.69. The number of nitrogens with one attached hydrogen (secondary N) is 1. The van der Waals surface area contributed by atoms with Crippen LogP contribution >= 0.6 is 0 Å². The number of benzene rings is 1. The lowest BCUT2D eigenvalue weighted by molar-refractivity contribution is 0.382. The van der Waals surface area contributed by atoms with Crippen molar-refractivity contribution in [1.82, 2.24) is 24.3 Å². The number of hydrogen-bond acceptors (Lipinski definition) is 6. The van der Waals surface area contributed by atoms with E-state index >= 15 is 0 Å². The van der Waals surface area contributed by atoms with Crippen molar-refractivity contribution in [1.29, 1.82) is 0 Å². The average Bonchev–Trinajstić information content (AvgIpc) is 3.06. The second kappa shape index (κ2) is 7.34. The highest BCUT2D eigenvalue weighted by atomic mass is 19.1. The van der Waals surface area contributed by atoms with Crippen LogP contribution in [0.25, 0.3) is 28.3 Å². The van der Waals surface area contributed by atoms with Gasteiger partial charge >= 0.3 is 0 Å². The SMILES string of the molecule is CN(C)Cc1ccn2c(-c3ccnc(NO)n3)c(-c3ccc(F)cc3)nc2c1. The van der Waals surface area contributed by atoms with Crippen LogP contribution in [0.2, 0.25) is 0 Å². The molecule has 7 nitrogen and oxygen atoms in total. The van der Waals surface area contributed by atoms with Gasteiger partial charge in [-0.25, -0.2) is 24.8 Å². The van der Waals surface area contributed by atoms with Crippen molar-refractivity contribution >= 4 is 11.6 Å². The van der Waals surface area contributed by atoms with Gasteiger partial charge in [0.1, 0.15) is 11.5 Å². The molecule has 0 spiro atoms. The molecule has 0 saturated heterocycles. The molecule has 0 fully saturated rings. The van der Waals surface area contributed by atoms with Crippen molar-refractivity contribution < 1.29 is 9.60 Å². The number of anilines is 1. The fourth-order valence-corrected chi connectivity index (χ4v) is 3.15. The van der Waals surface area contributed by atoms with Crippen LogP contribution in [0.5, 0.6) is 0 Å². The lowest BCUT2D eigenvalue weighted by atomic mass is 10.1. The lowest BCUT2D eigenvalue weighted by Gasteiger charge is -2.10. The van der Waals surface area contributed by atoms with Gasteiger partial charge in [-0.1, -0.05) is 0 Å². The minimum atomic E-state index is -0.309. The molecule has 8 heteroatoms. The van der Waals surface area contributed by atoms with Gasteiger partial charge < -0.3 is 4.90 Å². The zero-order chi connectivity index (χ0) is 19.7. The molecule has 0 aliphatic carbocycles. The summed E-state index contributed by atoms with van der Waals surface area (Å²) in [6.07, 6.45) is 3.49. The monoisotopic (exact) mass is 378 g/mol. The van der Waals surface area contributed by atoms with Crippen LogP contribution in [0, 0.1) is 5.82 Å². The lowest BCUT2D eigenvalue weighted by Crippen LogP contribution is -2.10. The Morgan fingerprint density at radius 3 is 2.61 bits per heavy atom. The minimum Gasteiger partial charge on any atom is -0.305 e. The quantitative estimate of drug-likeness (QED) is 0.518. The molecule has 2 N–H and O–H groups in total. The summed E-state index contributed by atoms with van der Waals surface area (Å²) in [5.74, 6) is -0.224. The van der Waals surface area contributed by atoms with Gasteiger partial charge in [0, 0.05) is 24.5 Å². The number of rotatable bonds is 5. The minimum absolute atomic E-state index is 0.0849. The van der Waals surface area contributed by atoms with Crippen molar-refractivity contribution in [3.8, 4) is 22.6 Å². The predicted octanol–water partition coefficient (Wildman–Crippen LogP) is 3.46. The summed E-state index contributed by atoms with van der Waals surface area (Å²) in [6.45, 7) is 0.788. The Morgan fingerprint density at radius 2 is 1.89 bits per heavy atom. The van der Waals surface area contributed by atoms with Crippen LogP contribution in [0.15, 0.2) is 54.9 Å². The number of imidazole rings is 1. The first-order valence-electron chi connectivity index (χ1n) is 8.70. The van der Waals surface area contributed by atoms with Gasteiger partial charge in [-0.05, 0) is 62.1 Å². The molecule has 28 heavy (non-hydrogen) atoms. The van der Waals surface area contributed by atoms with Crippen molar-refractivity contribution in [2.45, 2.75) is 6.54 Å². The van der Waals surface area contributed by atoms with Gasteiger partial charge in [-0.2, -0.15) is 0 Å². The van der Waals surface area contributed by atoms with Gasteiger partial charge in [0.2, 0.25) is 5.95 Å². The average molecular weight is 378 g/mol. The molecule has 0 unspecified atom stereocenters. The Balaban J connectivity index is 1.95. The van der Waals surface area contributed by atoms with E-state index < -0.39 is 0 Å². The van der Waals surface area contributed by atoms with Gasteiger partial charge in [-0.3, -0.25) is 9.61 Å². The number of nitrogens with zero attached hydrogens (tertiary/aromatic N) is 5. The van der Waals surface area contributed by atoms with Gasteiger partial charge in [0.05, 0.1) is 17.1 Å². The molecule has 142 valence electrons. The van der Waals surface area contributed by atoms with Crippen molar-refractivity contribution in [3.05, 3.63) is 66.2 Å². The second-order valence-electron chi connectivity index (χ2n) is 6.69. The first-order chi connectivity index (χ1) is 13.5. The molecule has 0 atom stereocenters. The zero-order valence-corrected chi connectivity index (χ0v) is 15.5. The van der Waals surface area contributed by atoms with Crippen LogP contribution in [0.3, 0.4) is 0 Å². The number of fused-ring (bicyclic) bond motifs is 1. The molecule has 0 amide bonds. The largest absolute Gasteiger partial charge is 0.305 e. The van der Waals surface area contributed by atoms with Crippen LogP contribution in [-0.2, 0) is 6.54 Å². The molecule has 0 aliphatic rings. The topological polar surface area (TPSA) is 78.6 Å². The fourth-order valence-electron chi connectivity index (χ4n) is 3.15. The maximum absolute atomic E-state index is 13.4. The Morgan fingerprint density at radius 1 is 1.11 bits per heavy atom. The molecule has 0 saturated carbocycles. The van der Waals surface area contributed by atoms with Crippen LogP contribution in [0.1, 0.15) is 5.56 Å². The van der Waals surface area contributed by atoms with E-state index in [2.05, 4.69) is 14.9 Å². The molecular weight excluding hydrogens is 359 g/mol. The highest BCUT2D eigenvalue weighted by molar-refractivity contribution is 5.80. The van der Waals surface area contributed by atoms with Gasteiger partial charge in [0.15, 0.2) is 0 Å². The van der Waals surface area contributed by atoms with Crippen LogP contribution < -0.4 is 5.48 Å². The normalized spacial score (nSPS) is 11.3. The summed E-state index contributed by atoms with van der Waals surface area (Å²) in [4.78, 5) is 15.2. The number of aromatic nitrogens is 4. The third-order valence-corrected chi connectivity index (χ3v) is 4.31. The van der Waals surface area contributed by atoms with E-state index in [9.17, 15) is 4.39 Å². The number of halogens is 1. The Labute approximate surface area is 161 Å². The molecule has 0 radical (unpaired) electrons. The maximum Gasteiger partial charge on any atom is 0.247 e. The van der Waals surface area contributed by atoms with Crippen LogP contribution in [0.4, 0.5) is 10.3 Å². The summed E-state index contributed by atoms with van der Waals surface area (Å²) in [7, 11) is 4.02. The molecular formula is C20H19FN6O. The molecule has 3 aromatic heterocycles. The molecule has 1 aromatic carbocycles. The molecule has 4 rings (SSSR count). The van der Waals surface area contributed by atoms with E-state index in [0.717, 1.165) is 29.0 Å². The Hall–Kier alpha value is -3.36. The number of hydrogen-bond donors (Lipinski definition) is 2. The third kappa shape index (κ3) is 3.42. The van der Waals surface area contributed by atoms with Gasteiger partial charge in [-0.15, -0.1) is 0 Å². The number of pyridine rings is 1. The summed E-state index contributed by atoms with van der Waals surface area (Å²) < 4.78 is 15.3.